The van der Waals surface area contributed by atoms with Crippen LogP contribution in [0.4, 0.5) is 0 Å². The molecule has 0 fully saturated rings. The maximum absolute atomic E-state index is 6.20. The molecule has 2 aromatic rings. The van der Waals surface area contributed by atoms with E-state index in [1.807, 2.05) is 19.1 Å². The Kier molecular flexibility index (Phi) is 4.25. The van der Waals surface area contributed by atoms with Gasteiger partial charge >= 0.3 is 0 Å². The molecule has 0 amide bonds. The van der Waals surface area contributed by atoms with Crippen LogP contribution in [0.1, 0.15) is 33.9 Å². The molecule has 1 unspecified atom stereocenters. The molecule has 0 aliphatic carbocycles. The number of hydrogen-bond donors (Lipinski definition) is 2. The Morgan fingerprint density at radius 2 is 1.68 bits per heavy atom. The average molecular weight is 275 g/mol. The number of nitrogens with one attached hydrogen (secondary N) is 1. The van der Waals surface area contributed by atoms with Gasteiger partial charge in [-0.15, -0.1) is 0 Å². The highest BCUT2D eigenvalue weighted by Crippen LogP contribution is 2.29. The summed E-state index contributed by atoms with van der Waals surface area (Å²) >= 11 is 6.20. The number of halogens is 1. The molecule has 2 rings (SSSR count). The van der Waals surface area contributed by atoms with E-state index < -0.39 is 0 Å². The number of aryl methyl sites for hydroxylation is 2. The van der Waals surface area contributed by atoms with Crippen molar-refractivity contribution in [1.82, 2.24) is 5.43 Å². The molecule has 0 aliphatic rings. The largest absolute Gasteiger partial charge is 0.271 e. The third-order valence-electron chi connectivity index (χ3n) is 3.36. The normalized spacial score (nSPS) is 12.5. The van der Waals surface area contributed by atoms with E-state index in [2.05, 4.69) is 43.5 Å². The number of hydrazine groups is 1. The van der Waals surface area contributed by atoms with Crippen LogP contribution < -0.4 is 11.3 Å². The zero-order valence-electron chi connectivity index (χ0n) is 11.5. The fraction of sp³-hybridized carbons (Fsp3) is 0.250. The Balaban J connectivity index is 2.53. The van der Waals surface area contributed by atoms with Crippen molar-refractivity contribution < 1.29 is 0 Å². The molecule has 0 bridgehead atoms. The van der Waals surface area contributed by atoms with Gasteiger partial charge in [0, 0.05) is 5.02 Å². The molecular weight excluding hydrogens is 256 g/mol. The number of rotatable bonds is 3. The summed E-state index contributed by atoms with van der Waals surface area (Å²) in [6, 6.07) is 12.3. The third kappa shape index (κ3) is 2.98. The topological polar surface area (TPSA) is 38.0 Å². The van der Waals surface area contributed by atoms with Crippen LogP contribution >= 0.6 is 11.6 Å². The quantitative estimate of drug-likeness (QED) is 0.660. The van der Waals surface area contributed by atoms with E-state index in [-0.39, 0.29) is 6.04 Å². The average Bonchev–Trinajstić information content (AvgIpc) is 2.34. The van der Waals surface area contributed by atoms with Crippen LogP contribution in [0.3, 0.4) is 0 Å². The van der Waals surface area contributed by atoms with Gasteiger partial charge in [0.1, 0.15) is 0 Å². The predicted molar refractivity (Wildman–Crippen MR) is 81.3 cm³/mol. The van der Waals surface area contributed by atoms with E-state index in [1.54, 1.807) is 0 Å². The summed E-state index contributed by atoms with van der Waals surface area (Å²) in [7, 11) is 0. The van der Waals surface area contributed by atoms with Crippen LogP contribution in [-0.4, -0.2) is 0 Å². The lowest BCUT2D eigenvalue weighted by molar-refractivity contribution is 0.633. The van der Waals surface area contributed by atoms with Crippen molar-refractivity contribution in [2.24, 2.45) is 5.84 Å². The Bertz CT molecular complexity index is 573. The van der Waals surface area contributed by atoms with Gasteiger partial charge in [0.25, 0.3) is 0 Å². The zero-order valence-corrected chi connectivity index (χ0v) is 12.3. The molecule has 3 N–H and O–H groups in total. The molecule has 19 heavy (non-hydrogen) atoms. The highest BCUT2D eigenvalue weighted by molar-refractivity contribution is 6.31. The second kappa shape index (κ2) is 5.74. The van der Waals surface area contributed by atoms with E-state index >= 15 is 0 Å². The van der Waals surface area contributed by atoms with Gasteiger partial charge in [-0.05, 0) is 43.5 Å². The van der Waals surface area contributed by atoms with Crippen molar-refractivity contribution in [3.63, 3.8) is 0 Å². The third-order valence-corrected chi connectivity index (χ3v) is 3.77. The first-order valence-corrected chi connectivity index (χ1v) is 6.70. The monoisotopic (exact) mass is 274 g/mol. The Morgan fingerprint density at radius 1 is 1.05 bits per heavy atom. The lowest BCUT2D eigenvalue weighted by atomic mass is 9.93. The van der Waals surface area contributed by atoms with Crippen LogP contribution in [-0.2, 0) is 0 Å². The molecular formula is C16H19ClN2. The summed E-state index contributed by atoms with van der Waals surface area (Å²) in [6.45, 7) is 6.20. The second-order valence-electron chi connectivity index (χ2n) is 4.97. The van der Waals surface area contributed by atoms with Crippen molar-refractivity contribution in [3.05, 3.63) is 69.2 Å². The van der Waals surface area contributed by atoms with E-state index in [9.17, 15) is 0 Å². The second-order valence-corrected chi connectivity index (χ2v) is 5.38. The first-order valence-electron chi connectivity index (χ1n) is 6.32. The minimum atomic E-state index is -0.0442. The molecule has 2 aromatic carbocycles. The predicted octanol–water partition coefficient (Wildman–Crippen LogP) is 3.82. The summed E-state index contributed by atoms with van der Waals surface area (Å²) in [6.07, 6.45) is 0. The minimum absolute atomic E-state index is 0.0442. The number of hydrogen-bond acceptors (Lipinski definition) is 2. The van der Waals surface area contributed by atoms with Gasteiger partial charge in [-0.3, -0.25) is 5.84 Å². The van der Waals surface area contributed by atoms with E-state index in [1.165, 1.54) is 11.1 Å². The van der Waals surface area contributed by atoms with E-state index in [0.717, 1.165) is 21.7 Å². The molecule has 1 atom stereocenters. The molecule has 100 valence electrons. The first-order chi connectivity index (χ1) is 9.02. The number of benzene rings is 2. The first kappa shape index (κ1) is 14.1. The van der Waals surface area contributed by atoms with Crippen LogP contribution in [0.2, 0.25) is 5.02 Å². The van der Waals surface area contributed by atoms with Crippen molar-refractivity contribution in [2.45, 2.75) is 26.8 Å². The van der Waals surface area contributed by atoms with Crippen LogP contribution in [0, 0.1) is 20.8 Å². The van der Waals surface area contributed by atoms with Gasteiger partial charge in [-0.25, -0.2) is 5.43 Å². The van der Waals surface area contributed by atoms with Crippen LogP contribution in [0.25, 0.3) is 0 Å². The van der Waals surface area contributed by atoms with E-state index in [0.29, 0.717) is 0 Å². The van der Waals surface area contributed by atoms with Crippen LogP contribution in [0.15, 0.2) is 36.4 Å². The van der Waals surface area contributed by atoms with Crippen molar-refractivity contribution in [2.75, 3.05) is 0 Å². The van der Waals surface area contributed by atoms with Gasteiger partial charge in [-0.1, -0.05) is 53.1 Å². The standard InChI is InChI=1S/C16H19ClN2/c1-10-7-11(2)9-13(8-10)16(19-18)14-5-4-6-15(17)12(14)3/h4-9,16,19H,18H2,1-3H3. The maximum atomic E-state index is 6.20. The SMILES string of the molecule is Cc1cc(C)cc(C(NN)c2cccc(Cl)c2C)c1. The van der Waals surface area contributed by atoms with Gasteiger partial charge in [0.2, 0.25) is 0 Å². The molecule has 0 heterocycles. The van der Waals surface area contributed by atoms with Crippen molar-refractivity contribution in [3.8, 4) is 0 Å². The minimum Gasteiger partial charge on any atom is -0.271 e. The van der Waals surface area contributed by atoms with Gasteiger partial charge in [-0.2, -0.15) is 0 Å². The molecule has 0 spiro atoms. The van der Waals surface area contributed by atoms with Gasteiger partial charge < -0.3 is 0 Å². The molecule has 3 heteroatoms. The fourth-order valence-corrected chi connectivity index (χ4v) is 2.66. The Hall–Kier alpha value is -1.35. The maximum Gasteiger partial charge on any atom is 0.0713 e. The van der Waals surface area contributed by atoms with Gasteiger partial charge in [0.05, 0.1) is 6.04 Å². The number of nitrogens with two attached hydrogens (primary N) is 1. The summed E-state index contributed by atoms with van der Waals surface area (Å²) in [5.41, 5.74) is 8.69. The van der Waals surface area contributed by atoms with Gasteiger partial charge in [0.15, 0.2) is 0 Å². The van der Waals surface area contributed by atoms with E-state index in [4.69, 9.17) is 17.4 Å². The Labute approximate surface area is 119 Å². The molecule has 0 aliphatic heterocycles. The lowest BCUT2D eigenvalue weighted by Gasteiger charge is -2.20. The summed E-state index contributed by atoms with van der Waals surface area (Å²) < 4.78 is 0. The zero-order chi connectivity index (χ0) is 14.0. The molecule has 2 nitrogen and oxygen atoms in total. The lowest BCUT2D eigenvalue weighted by Crippen LogP contribution is -2.29. The summed E-state index contributed by atoms with van der Waals surface area (Å²) in [5.74, 6) is 5.76. The molecule has 0 radical (unpaired) electrons. The summed E-state index contributed by atoms with van der Waals surface area (Å²) in [5, 5.41) is 0.766. The highest BCUT2D eigenvalue weighted by atomic mass is 35.5. The van der Waals surface area contributed by atoms with Crippen LogP contribution in [0.5, 0.6) is 0 Å². The Morgan fingerprint density at radius 3 is 2.26 bits per heavy atom. The van der Waals surface area contributed by atoms with Crippen molar-refractivity contribution >= 4 is 11.6 Å². The van der Waals surface area contributed by atoms with Crippen molar-refractivity contribution in [1.29, 1.82) is 0 Å². The smallest absolute Gasteiger partial charge is 0.0713 e. The molecule has 0 aromatic heterocycles. The highest BCUT2D eigenvalue weighted by Gasteiger charge is 2.16. The fourth-order valence-electron chi connectivity index (χ4n) is 2.48. The molecule has 0 saturated heterocycles. The molecule has 0 saturated carbocycles. The summed E-state index contributed by atoms with van der Waals surface area (Å²) in [4.78, 5) is 0.